The molecular weight excluding hydrogens is 248 g/mol. The Morgan fingerprint density at radius 1 is 1.25 bits per heavy atom. The van der Waals surface area contributed by atoms with Crippen LogP contribution in [0.3, 0.4) is 0 Å². The summed E-state index contributed by atoms with van der Waals surface area (Å²) >= 11 is 0. The number of carbonyl (C=O) groups is 1. The fourth-order valence-electron chi connectivity index (χ4n) is 3.03. The third kappa shape index (κ3) is 3.21. The molecule has 0 bridgehead atoms. The molecular formula is C17H26N2O. The summed E-state index contributed by atoms with van der Waals surface area (Å²) in [5, 5.41) is 3.13. The highest BCUT2D eigenvalue weighted by atomic mass is 16.1. The van der Waals surface area contributed by atoms with Crippen molar-refractivity contribution in [3.8, 4) is 0 Å². The molecule has 1 aliphatic carbocycles. The summed E-state index contributed by atoms with van der Waals surface area (Å²) in [5.41, 5.74) is 9.57. The summed E-state index contributed by atoms with van der Waals surface area (Å²) < 4.78 is 0. The topological polar surface area (TPSA) is 55.1 Å². The second-order valence-electron chi connectivity index (χ2n) is 5.87. The van der Waals surface area contributed by atoms with Gasteiger partial charge < -0.3 is 11.1 Å². The van der Waals surface area contributed by atoms with Crippen LogP contribution in [0.2, 0.25) is 0 Å². The SMILES string of the molecule is CCC(CC)(CN)NC(=O)Cc1ccc2c(c1)CCC2. The zero-order valence-corrected chi connectivity index (χ0v) is 12.7. The molecule has 0 saturated carbocycles. The van der Waals surface area contributed by atoms with Gasteiger partial charge >= 0.3 is 0 Å². The van der Waals surface area contributed by atoms with Crippen molar-refractivity contribution in [2.75, 3.05) is 6.54 Å². The van der Waals surface area contributed by atoms with Gasteiger partial charge in [-0.3, -0.25) is 4.79 Å². The standard InChI is InChI=1S/C17H26N2O/c1-3-17(4-2,12-18)19-16(20)11-13-8-9-14-6-5-7-15(14)10-13/h8-10H,3-7,11-12,18H2,1-2H3,(H,19,20). The number of nitrogens with one attached hydrogen (secondary N) is 1. The average Bonchev–Trinajstić information content (AvgIpc) is 2.92. The van der Waals surface area contributed by atoms with Gasteiger partial charge in [0, 0.05) is 6.54 Å². The quantitative estimate of drug-likeness (QED) is 0.836. The van der Waals surface area contributed by atoms with Crippen molar-refractivity contribution in [3.05, 3.63) is 34.9 Å². The lowest BCUT2D eigenvalue weighted by atomic mass is 9.92. The van der Waals surface area contributed by atoms with Crippen LogP contribution in [0.15, 0.2) is 18.2 Å². The highest BCUT2D eigenvalue weighted by Crippen LogP contribution is 2.23. The normalized spacial score (nSPS) is 14.2. The molecule has 0 radical (unpaired) electrons. The van der Waals surface area contributed by atoms with Gasteiger partial charge in [-0.2, -0.15) is 0 Å². The van der Waals surface area contributed by atoms with Crippen molar-refractivity contribution in [2.24, 2.45) is 5.73 Å². The minimum atomic E-state index is -0.242. The lowest BCUT2D eigenvalue weighted by Gasteiger charge is -2.31. The molecule has 0 aliphatic heterocycles. The zero-order chi connectivity index (χ0) is 14.6. The predicted octanol–water partition coefficient (Wildman–Crippen LogP) is 2.35. The summed E-state index contributed by atoms with van der Waals surface area (Å²) in [6, 6.07) is 6.47. The summed E-state index contributed by atoms with van der Waals surface area (Å²) in [6.45, 7) is 4.65. The summed E-state index contributed by atoms with van der Waals surface area (Å²) in [4.78, 5) is 12.2. The summed E-state index contributed by atoms with van der Waals surface area (Å²) in [6.07, 6.45) is 5.78. The van der Waals surface area contributed by atoms with Crippen LogP contribution >= 0.6 is 0 Å². The van der Waals surface area contributed by atoms with Crippen LogP contribution < -0.4 is 11.1 Å². The van der Waals surface area contributed by atoms with Crippen LogP contribution in [-0.4, -0.2) is 18.0 Å². The number of amides is 1. The first-order valence-electron chi connectivity index (χ1n) is 7.74. The molecule has 2 rings (SSSR count). The van der Waals surface area contributed by atoms with Crippen molar-refractivity contribution < 1.29 is 4.79 Å². The molecule has 0 atom stereocenters. The first kappa shape index (κ1) is 15.0. The minimum Gasteiger partial charge on any atom is -0.349 e. The molecule has 20 heavy (non-hydrogen) atoms. The van der Waals surface area contributed by atoms with Gasteiger partial charge in [-0.1, -0.05) is 32.0 Å². The molecule has 1 aromatic rings. The van der Waals surface area contributed by atoms with Gasteiger partial charge in [0.25, 0.3) is 0 Å². The molecule has 3 N–H and O–H groups in total. The number of carbonyl (C=O) groups excluding carboxylic acids is 1. The van der Waals surface area contributed by atoms with E-state index in [-0.39, 0.29) is 11.4 Å². The number of nitrogens with two attached hydrogens (primary N) is 1. The fraction of sp³-hybridized carbons (Fsp3) is 0.588. The van der Waals surface area contributed by atoms with Gasteiger partial charge in [0.05, 0.1) is 12.0 Å². The predicted molar refractivity (Wildman–Crippen MR) is 82.7 cm³/mol. The monoisotopic (exact) mass is 274 g/mol. The summed E-state index contributed by atoms with van der Waals surface area (Å²) in [5.74, 6) is 0.0806. The van der Waals surface area contributed by atoms with Crippen molar-refractivity contribution >= 4 is 5.91 Å². The zero-order valence-electron chi connectivity index (χ0n) is 12.7. The van der Waals surface area contributed by atoms with Gasteiger partial charge in [0.15, 0.2) is 0 Å². The van der Waals surface area contributed by atoms with Crippen molar-refractivity contribution in [2.45, 2.75) is 57.9 Å². The van der Waals surface area contributed by atoms with E-state index in [1.54, 1.807) is 0 Å². The van der Waals surface area contributed by atoms with E-state index in [1.165, 1.54) is 24.0 Å². The van der Waals surface area contributed by atoms with E-state index < -0.39 is 0 Å². The van der Waals surface area contributed by atoms with E-state index in [2.05, 4.69) is 37.4 Å². The number of fused-ring (bicyclic) bond motifs is 1. The highest BCUT2D eigenvalue weighted by molar-refractivity contribution is 5.79. The first-order chi connectivity index (χ1) is 9.62. The van der Waals surface area contributed by atoms with E-state index >= 15 is 0 Å². The maximum absolute atomic E-state index is 12.2. The van der Waals surface area contributed by atoms with Gasteiger partial charge in [-0.15, -0.1) is 0 Å². The molecule has 0 fully saturated rings. The van der Waals surface area contributed by atoms with Crippen molar-refractivity contribution in [1.82, 2.24) is 5.32 Å². The van der Waals surface area contributed by atoms with Crippen LogP contribution in [0.4, 0.5) is 0 Å². The smallest absolute Gasteiger partial charge is 0.224 e. The van der Waals surface area contributed by atoms with Crippen molar-refractivity contribution in [1.29, 1.82) is 0 Å². The van der Waals surface area contributed by atoms with Crippen LogP contribution in [-0.2, 0) is 24.1 Å². The fourth-order valence-corrected chi connectivity index (χ4v) is 3.03. The number of hydrogen-bond acceptors (Lipinski definition) is 2. The Labute approximate surface area is 121 Å². The van der Waals surface area contributed by atoms with Gasteiger partial charge in [-0.25, -0.2) is 0 Å². The highest BCUT2D eigenvalue weighted by Gasteiger charge is 2.26. The Balaban J connectivity index is 2.01. The van der Waals surface area contributed by atoms with E-state index in [0.717, 1.165) is 24.8 Å². The largest absolute Gasteiger partial charge is 0.349 e. The Morgan fingerprint density at radius 2 is 1.95 bits per heavy atom. The molecule has 110 valence electrons. The molecule has 0 spiro atoms. The maximum Gasteiger partial charge on any atom is 0.224 e. The van der Waals surface area contributed by atoms with Crippen LogP contribution in [0, 0.1) is 0 Å². The molecule has 0 unspecified atom stereocenters. The Bertz CT molecular complexity index is 470. The summed E-state index contributed by atoms with van der Waals surface area (Å²) in [7, 11) is 0. The lowest BCUT2D eigenvalue weighted by molar-refractivity contribution is -0.122. The van der Waals surface area contributed by atoms with E-state index in [9.17, 15) is 4.79 Å². The molecule has 3 heteroatoms. The molecule has 0 aromatic heterocycles. The van der Waals surface area contributed by atoms with Gasteiger partial charge in [0.1, 0.15) is 0 Å². The number of rotatable bonds is 6. The number of hydrogen-bond donors (Lipinski definition) is 2. The van der Waals surface area contributed by atoms with Gasteiger partial charge in [0.2, 0.25) is 5.91 Å². The van der Waals surface area contributed by atoms with E-state index in [4.69, 9.17) is 5.73 Å². The number of aryl methyl sites for hydroxylation is 2. The Morgan fingerprint density at radius 3 is 2.60 bits per heavy atom. The molecule has 0 heterocycles. The molecule has 1 amide bonds. The second-order valence-corrected chi connectivity index (χ2v) is 5.87. The molecule has 1 aliphatic rings. The third-order valence-corrected chi connectivity index (χ3v) is 4.68. The first-order valence-corrected chi connectivity index (χ1v) is 7.74. The van der Waals surface area contributed by atoms with Crippen LogP contribution in [0.1, 0.15) is 49.8 Å². The lowest BCUT2D eigenvalue weighted by Crippen LogP contribution is -2.53. The average molecular weight is 274 g/mol. The van der Waals surface area contributed by atoms with Crippen molar-refractivity contribution in [3.63, 3.8) is 0 Å². The molecule has 3 nitrogen and oxygen atoms in total. The number of benzene rings is 1. The maximum atomic E-state index is 12.2. The molecule has 0 saturated heterocycles. The third-order valence-electron chi connectivity index (χ3n) is 4.68. The Kier molecular flexibility index (Phi) is 4.81. The van der Waals surface area contributed by atoms with Crippen LogP contribution in [0.5, 0.6) is 0 Å². The Hall–Kier alpha value is -1.35. The molecule has 1 aromatic carbocycles. The van der Waals surface area contributed by atoms with Gasteiger partial charge in [-0.05, 0) is 48.8 Å². The van der Waals surface area contributed by atoms with E-state index in [0.29, 0.717) is 13.0 Å². The van der Waals surface area contributed by atoms with Crippen LogP contribution in [0.25, 0.3) is 0 Å². The minimum absolute atomic E-state index is 0.0806. The second kappa shape index (κ2) is 6.40. The van der Waals surface area contributed by atoms with E-state index in [1.807, 2.05) is 0 Å².